The van der Waals surface area contributed by atoms with Crippen molar-refractivity contribution < 1.29 is 4.79 Å². The molecule has 1 amide bonds. The van der Waals surface area contributed by atoms with Gasteiger partial charge in [-0.05, 0) is 62.4 Å². The Morgan fingerprint density at radius 2 is 2.21 bits per heavy atom. The third-order valence-electron chi connectivity index (χ3n) is 4.39. The van der Waals surface area contributed by atoms with Crippen molar-refractivity contribution >= 4 is 29.7 Å². The Bertz CT molecular complexity index is 639. The molecule has 0 radical (unpaired) electrons. The lowest BCUT2D eigenvalue weighted by Crippen LogP contribution is -2.40. The molecule has 1 unspecified atom stereocenters. The lowest BCUT2D eigenvalue weighted by Gasteiger charge is -2.31. The van der Waals surface area contributed by atoms with Crippen LogP contribution < -0.4 is 5.32 Å². The average Bonchev–Trinajstić information content (AvgIpc) is 2.84. The van der Waals surface area contributed by atoms with Crippen LogP contribution in [0.3, 0.4) is 0 Å². The summed E-state index contributed by atoms with van der Waals surface area (Å²) in [4.78, 5) is 19.6. The minimum Gasteiger partial charge on any atom is -0.330 e. The van der Waals surface area contributed by atoms with Gasteiger partial charge in [-0.3, -0.25) is 9.78 Å². The van der Waals surface area contributed by atoms with E-state index >= 15 is 0 Å². The smallest absolute Gasteiger partial charge is 0.255 e. The van der Waals surface area contributed by atoms with Crippen LogP contribution >= 0.6 is 23.7 Å². The Labute approximate surface area is 153 Å². The van der Waals surface area contributed by atoms with Gasteiger partial charge >= 0.3 is 0 Å². The van der Waals surface area contributed by atoms with Gasteiger partial charge in [0.15, 0.2) is 0 Å². The molecule has 0 aliphatic carbocycles. The number of nitrogens with zero attached hydrogens (tertiary/aromatic N) is 2. The van der Waals surface area contributed by atoms with Crippen molar-refractivity contribution in [3.63, 3.8) is 0 Å². The fourth-order valence-corrected chi connectivity index (χ4v) is 3.90. The van der Waals surface area contributed by atoms with Crippen LogP contribution in [-0.2, 0) is 6.54 Å². The van der Waals surface area contributed by atoms with Crippen molar-refractivity contribution in [1.29, 1.82) is 0 Å². The number of hydrogen-bond donors (Lipinski definition) is 1. The van der Waals surface area contributed by atoms with Gasteiger partial charge in [0.1, 0.15) is 0 Å². The number of carbonyl (C=O) groups excluding carboxylic acids is 1. The highest BCUT2D eigenvalue weighted by Crippen LogP contribution is 2.22. The number of amides is 1. The van der Waals surface area contributed by atoms with E-state index < -0.39 is 0 Å². The molecule has 1 aliphatic heterocycles. The molecule has 1 saturated heterocycles. The Hall–Kier alpha value is -1.43. The molecule has 6 heteroatoms. The molecule has 130 valence electrons. The van der Waals surface area contributed by atoms with Crippen LogP contribution in [0.1, 0.15) is 40.9 Å². The Morgan fingerprint density at radius 1 is 1.33 bits per heavy atom. The second-order valence-electron chi connectivity index (χ2n) is 6.06. The normalized spacial score (nSPS) is 17.6. The molecular weight excluding hydrogens is 342 g/mol. The molecule has 24 heavy (non-hydrogen) atoms. The molecule has 1 atom stereocenters. The number of hydrogen-bond acceptors (Lipinski definition) is 4. The SMILES string of the molecule is Cc1cscc1C(=O)N(Cc1ccccn1)C1CCCNCC1.Cl. The summed E-state index contributed by atoms with van der Waals surface area (Å²) in [5.41, 5.74) is 2.85. The molecule has 0 bridgehead atoms. The third kappa shape index (κ3) is 4.56. The predicted octanol–water partition coefficient (Wildman–Crippen LogP) is 3.66. The molecule has 1 aliphatic rings. The van der Waals surface area contributed by atoms with E-state index in [4.69, 9.17) is 0 Å². The van der Waals surface area contributed by atoms with Crippen LogP contribution in [0.25, 0.3) is 0 Å². The van der Waals surface area contributed by atoms with Crippen LogP contribution in [0.5, 0.6) is 0 Å². The lowest BCUT2D eigenvalue weighted by atomic mass is 10.0. The maximum Gasteiger partial charge on any atom is 0.255 e. The molecular formula is C18H24ClN3OS. The summed E-state index contributed by atoms with van der Waals surface area (Å²) < 4.78 is 0. The van der Waals surface area contributed by atoms with Crippen molar-refractivity contribution in [2.24, 2.45) is 0 Å². The van der Waals surface area contributed by atoms with Gasteiger partial charge in [0.2, 0.25) is 0 Å². The van der Waals surface area contributed by atoms with E-state index in [-0.39, 0.29) is 24.4 Å². The summed E-state index contributed by atoms with van der Waals surface area (Å²) in [6, 6.07) is 6.17. The van der Waals surface area contributed by atoms with Gasteiger partial charge in [-0.15, -0.1) is 12.4 Å². The summed E-state index contributed by atoms with van der Waals surface area (Å²) in [5.74, 6) is 0.140. The number of carbonyl (C=O) groups is 1. The van der Waals surface area contributed by atoms with Crippen LogP contribution in [-0.4, -0.2) is 34.9 Å². The molecule has 2 aromatic heterocycles. The summed E-state index contributed by atoms with van der Waals surface area (Å²) >= 11 is 1.59. The van der Waals surface area contributed by atoms with Gasteiger partial charge in [-0.2, -0.15) is 11.3 Å². The van der Waals surface area contributed by atoms with Crippen LogP contribution in [0, 0.1) is 6.92 Å². The number of rotatable bonds is 4. The zero-order valence-electron chi connectivity index (χ0n) is 13.9. The first kappa shape index (κ1) is 18.9. The molecule has 0 aromatic carbocycles. The quantitative estimate of drug-likeness (QED) is 0.899. The number of halogens is 1. The standard InChI is InChI=1S/C18H23N3OS.ClH/c1-14-12-23-13-17(14)18(22)21(11-15-5-2-3-9-20-15)16-6-4-8-19-10-7-16;/h2-3,5,9,12-13,16,19H,4,6-8,10-11H2,1H3;1H. The molecule has 2 aromatic rings. The Kier molecular flexibility index (Phi) is 7.21. The minimum absolute atomic E-state index is 0. The maximum absolute atomic E-state index is 13.1. The minimum atomic E-state index is 0. The van der Waals surface area contributed by atoms with Gasteiger partial charge in [0.05, 0.1) is 17.8 Å². The van der Waals surface area contributed by atoms with Crippen molar-refractivity contribution in [1.82, 2.24) is 15.2 Å². The van der Waals surface area contributed by atoms with E-state index in [9.17, 15) is 4.79 Å². The lowest BCUT2D eigenvalue weighted by molar-refractivity contribution is 0.0642. The van der Waals surface area contributed by atoms with E-state index in [0.717, 1.165) is 49.2 Å². The highest BCUT2D eigenvalue weighted by Gasteiger charge is 2.27. The zero-order chi connectivity index (χ0) is 16.1. The molecule has 1 N–H and O–H groups in total. The molecule has 3 rings (SSSR count). The fourth-order valence-electron chi connectivity index (χ4n) is 3.08. The molecule has 0 saturated carbocycles. The first-order valence-corrected chi connectivity index (χ1v) is 9.14. The van der Waals surface area contributed by atoms with E-state index in [1.54, 1.807) is 17.5 Å². The monoisotopic (exact) mass is 365 g/mol. The second-order valence-corrected chi connectivity index (χ2v) is 6.80. The summed E-state index contributed by atoms with van der Waals surface area (Å²) in [5, 5.41) is 7.44. The molecule has 4 nitrogen and oxygen atoms in total. The average molecular weight is 366 g/mol. The largest absolute Gasteiger partial charge is 0.330 e. The van der Waals surface area contributed by atoms with Gasteiger partial charge in [-0.25, -0.2) is 0 Å². The first-order valence-electron chi connectivity index (χ1n) is 8.20. The van der Waals surface area contributed by atoms with Crippen molar-refractivity contribution in [2.75, 3.05) is 13.1 Å². The van der Waals surface area contributed by atoms with Gasteiger partial charge in [-0.1, -0.05) is 6.07 Å². The first-order chi connectivity index (χ1) is 11.3. The number of thiophene rings is 1. The summed E-state index contributed by atoms with van der Waals surface area (Å²) in [6.07, 6.45) is 4.96. The number of aryl methyl sites for hydroxylation is 1. The Morgan fingerprint density at radius 3 is 2.92 bits per heavy atom. The van der Waals surface area contributed by atoms with Crippen molar-refractivity contribution in [3.05, 3.63) is 52.0 Å². The van der Waals surface area contributed by atoms with Crippen LogP contribution in [0.4, 0.5) is 0 Å². The maximum atomic E-state index is 13.1. The molecule has 1 fully saturated rings. The van der Waals surface area contributed by atoms with Gasteiger partial charge < -0.3 is 10.2 Å². The van der Waals surface area contributed by atoms with E-state index in [1.807, 2.05) is 40.8 Å². The predicted molar refractivity (Wildman–Crippen MR) is 101 cm³/mol. The summed E-state index contributed by atoms with van der Waals surface area (Å²) in [6.45, 7) is 4.61. The third-order valence-corrected chi connectivity index (χ3v) is 5.25. The second kappa shape index (κ2) is 9.16. The number of aromatic nitrogens is 1. The van der Waals surface area contributed by atoms with E-state index in [1.165, 1.54) is 0 Å². The van der Waals surface area contributed by atoms with E-state index in [2.05, 4.69) is 10.3 Å². The number of nitrogens with one attached hydrogen (secondary N) is 1. The fraction of sp³-hybridized carbons (Fsp3) is 0.444. The van der Waals surface area contributed by atoms with Crippen molar-refractivity contribution in [2.45, 2.75) is 38.8 Å². The zero-order valence-corrected chi connectivity index (χ0v) is 15.5. The van der Waals surface area contributed by atoms with Crippen molar-refractivity contribution in [3.8, 4) is 0 Å². The summed E-state index contributed by atoms with van der Waals surface area (Å²) in [7, 11) is 0. The topological polar surface area (TPSA) is 45.2 Å². The Balaban J connectivity index is 0.00000208. The van der Waals surface area contributed by atoms with Gasteiger partial charge in [0.25, 0.3) is 5.91 Å². The highest BCUT2D eigenvalue weighted by molar-refractivity contribution is 7.08. The van der Waals surface area contributed by atoms with E-state index in [0.29, 0.717) is 6.54 Å². The number of pyridine rings is 1. The molecule has 3 heterocycles. The molecule has 0 spiro atoms. The van der Waals surface area contributed by atoms with Gasteiger partial charge in [0, 0.05) is 17.6 Å². The highest BCUT2D eigenvalue weighted by atomic mass is 35.5. The van der Waals surface area contributed by atoms with Crippen LogP contribution in [0.2, 0.25) is 0 Å². The van der Waals surface area contributed by atoms with Crippen LogP contribution in [0.15, 0.2) is 35.2 Å².